The highest BCUT2D eigenvalue weighted by Crippen LogP contribution is 2.24. The van der Waals surface area contributed by atoms with Gasteiger partial charge in [-0.05, 0) is 36.8 Å². The topological polar surface area (TPSA) is 99.3 Å². The van der Waals surface area contributed by atoms with Crippen molar-refractivity contribution in [1.82, 2.24) is 9.78 Å². The third-order valence-corrected chi connectivity index (χ3v) is 5.38. The molecule has 0 atom stereocenters. The van der Waals surface area contributed by atoms with Crippen molar-refractivity contribution in [3.63, 3.8) is 0 Å². The lowest BCUT2D eigenvalue weighted by atomic mass is 10.1. The van der Waals surface area contributed by atoms with E-state index in [1.165, 1.54) is 24.5 Å². The second kappa shape index (κ2) is 10.5. The van der Waals surface area contributed by atoms with Crippen LogP contribution >= 0.6 is 0 Å². The van der Waals surface area contributed by atoms with Gasteiger partial charge in [-0.15, -0.1) is 0 Å². The fourth-order valence-corrected chi connectivity index (χ4v) is 3.52. The van der Waals surface area contributed by atoms with E-state index < -0.39 is 46.2 Å². The first kappa shape index (κ1) is 25.4. The lowest BCUT2D eigenvalue weighted by molar-refractivity contribution is -0.385. The van der Waals surface area contributed by atoms with Crippen molar-refractivity contribution in [2.75, 3.05) is 5.32 Å². The summed E-state index contributed by atoms with van der Waals surface area (Å²) in [4.78, 5) is 23.1. The normalized spacial score (nSPS) is 10.8. The van der Waals surface area contributed by atoms with Crippen LogP contribution in [0.2, 0.25) is 0 Å². The Kier molecular flexibility index (Phi) is 7.18. The Morgan fingerprint density at radius 2 is 1.86 bits per heavy atom. The quantitative estimate of drug-likeness (QED) is 0.110. The number of nitro groups is 1. The van der Waals surface area contributed by atoms with Gasteiger partial charge in [0.05, 0.1) is 23.4 Å². The van der Waals surface area contributed by atoms with Gasteiger partial charge in [0, 0.05) is 35.0 Å². The number of ether oxygens (including phenoxy) is 1. The van der Waals surface area contributed by atoms with Gasteiger partial charge < -0.3 is 10.1 Å². The molecule has 0 fully saturated rings. The fraction of sp³-hybridized carbons (Fsp3) is 0.120. The number of hydrogen-bond acceptors (Lipinski definition) is 5. The number of aromatic nitrogens is 2. The predicted octanol–water partition coefficient (Wildman–Crippen LogP) is 5.54. The third kappa shape index (κ3) is 5.74. The van der Waals surface area contributed by atoms with Gasteiger partial charge in [-0.3, -0.25) is 19.6 Å². The number of amides is 1. The minimum absolute atomic E-state index is 0.0190. The molecule has 37 heavy (non-hydrogen) atoms. The third-order valence-electron chi connectivity index (χ3n) is 5.38. The first-order valence-electron chi connectivity index (χ1n) is 10.7. The molecular formula is C25H18F4N4O4. The Morgan fingerprint density at radius 3 is 2.59 bits per heavy atom. The van der Waals surface area contributed by atoms with Gasteiger partial charge in [0.25, 0.3) is 11.6 Å². The summed E-state index contributed by atoms with van der Waals surface area (Å²) < 4.78 is 61.1. The molecule has 1 amide bonds. The van der Waals surface area contributed by atoms with Crippen molar-refractivity contribution in [2.24, 2.45) is 0 Å². The average Bonchev–Trinajstić information content (AvgIpc) is 3.31. The van der Waals surface area contributed by atoms with E-state index in [4.69, 9.17) is 4.74 Å². The number of rotatable bonds is 8. The molecule has 1 heterocycles. The number of benzene rings is 3. The molecule has 8 nitrogen and oxygen atoms in total. The Labute approximate surface area is 207 Å². The highest BCUT2D eigenvalue weighted by molar-refractivity contribution is 6.04. The lowest BCUT2D eigenvalue weighted by Crippen LogP contribution is -2.12. The first-order valence-corrected chi connectivity index (χ1v) is 10.7. The second-order valence-corrected chi connectivity index (χ2v) is 8.02. The Hall–Kier alpha value is -4.74. The van der Waals surface area contributed by atoms with Crippen LogP contribution in [0.3, 0.4) is 0 Å². The molecule has 3 aromatic carbocycles. The van der Waals surface area contributed by atoms with E-state index in [1.54, 1.807) is 37.3 Å². The molecule has 0 saturated heterocycles. The van der Waals surface area contributed by atoms with E-state index >= 15 is 0 Å². The molecule has 0 aliphatic carbocycles. The van der Waals surface area contributed by atoms with Crippen LogP contribution in [0.15, 0.2) is 60.9 Å². The maximum absolute atomic E-state index is 13.9. The summed E-state index contributed by atoms with van der Waals surface area (Å²) in [6.45, 7) is 1.17. The molecule has 4 rings (SSSR count). The average molecular weight is 514 g/mol. The molecule has 1 aromatic heterocycles. The minimum Gasteiger partial charge on any atom is -0.489 e. The van der Waals surface area contributed by atoms with Crippen LogP contribution in [0.25, 0.3) is 0 Å². The van der Waals surface area contributed by atoms with Crippen molar-refractivity contribution in [2.45, 2.75) is 20.1 Å². The van der Waals surface area contributed by atoms with Gasteiger partial charge in [-0.25, -0.2) is 17.6 Å². The molecule has 1 N–H and O–H groups in total. The second-order valence-electron chi connectivity index (χ2n) is 8.02. The SMILES string of the molecule is Cc1cc(OCc2cccc(C(=O)Nc3cnn(Cc4c(F)cc(F)c(F)c4F)c3)c2)ccc1[N+](=O)[O-]. The molecule has 0 aliphatic rings. The fourth-order valence-electron chi connectivity index (χ4n) is 3.52. The van der Waals surface area contributed by atoms with E-state index in [9.17, 15) is 32.5 Å². The van der Waals surface area contributed by atoms with Crippen LogP contribution in [0.1, 0.15) is 27.0 Å². The summed E-state index contributed by atoms with van der Waals surface area (Å²) >= 11 is 0. The molecular weight excluding hydrogens is 496 g/mol. The molecule has 0 aliphatic heterocycles. The van der Waals surface area contributed by atoms with E-state index in [0.717, 1.165) is 4.68 Å². The van der Waals surface area contributed by atoms with Crippen molar-refractivity contribution in [3.8, 4) is 5.75 Å². The van der Waals surface area contributed by atoms with Crippen molar-refractivity contribution in [1.29, 1.82) is 0 Å². The van der Waals surface area contributed by atoms with Crippen molar-refractivity contribution < 1.29 is 32.0 Å². The molecule has 0 spiro atoms. The summed E-state index contributed by atoms with van der Waals surface area (Å²) in [5.41, 5.74) is 0.864. The minimum atomic E-state index is -1.79. The smallest absolute Gasteiger partial charge is 0.272 e. The molecule has 0 radical (unpaired) electrons. The van der Waals surface area contributed by atoms with E-state index in [1.807, 2.05) is 0 Å². The van der Waals surface area contributed by atoms with Crippen LogP contribution in [-0.2, 0) is 13.2 Å². The van der Waals surface area contributed by atoms with Crippen LogP contribution in [0, 0.1) is 40.3 Å². The molecule has 0 unspecified atom stereocenters. The summed E-state index contributed by atoms with van der Waals surface area (Å²) in [5.74, 6) is -6.41. The number of aryl methyl sites for hydroxylation is 1. The number of hydrogen-bond donors (Lipinski definition) is 1. The zero-order chi connectivity index (χ0) is 26.7. The van der Waals surface area contributed by atoms with Crippen LogP contribution in [0.5, 0.6) is 5.75 Å². The van der Waals surface area contributed by atoms with Crippen LogP contribution in [-0.4, -0.2) is 20.6 Å². The van der Waals surface area contributed by atoms with Crippen molar-refractivity contribution >= 4 is 17.3 Å². The van der Waals surface area contributed by atoms with Gasteiger partial charge >= 0.3 is 0 Å². The molecule has 12 heteroatoms. The van der Waals surface area contributed by atoms with Gasteiger partial charge in [0.1, 0.15) is 18.2 Å². The predicted molar refractivity (Wildman–Crippen MR) is 124 cm³/mol. The molecule has 0 saturated carbocycles. The zero-order valence-corrected chi connectivity index (χ0v) is 19.2. The summed E-state index contributed by atoms with van der Waals surface area (Å²) in [7, 11) is 0. The van der Waals surface area contributed by atoms with E-state index in [0.29, 0.717) is 16.9 Å². The number of anilines is 1. The number of nitrogens with one attached hydrogen (secondary N) is 1. The van der Waals surface area contributed by atoms with Gasteiger partial charge in [-0.1, -0.05) is 12.1 Å². The van der Waals surface area contributed by atoms with Gasteiger partial charge in [-0.2, -0.15) is 5.10 Å². The standard InChI is InChI=1S/C25H18F4N4O4/c1-14-7-18(5-6-22(14)33(35)36)37-13-15-3-2-4-16(8-15)25(34)31-17-10-30-32(11-17)12-19-20(26)9-21(27)24(29)23(19)28/h2-11H,12-13H2,1H3,(H,31,34). The first-order chi connectivity index (χ1) is 17.6. The maximum atomic E-state index is 13.9. The largest absolute Gasteiger partial charge is 0.489 e. The summed E-state index contributed by atoms with van der Waals surface area (Å²) in [6.07, 6.45) is 2.51. The molecule has 4 aromatic rings. The van der Waals surface area contributed by atoms with E-state index in [2.05, 4.69) is 10.4 Å². The number of carbonyl (C=O) groups is 1. The van der Waals surface area contributed by atoms with Crippen LogP contribution in [0.4, 0.5) is 28.9 Å². The maximum Gasteiger partial charge on any atom is 0.272 e. The number of halogens is 4. The lowest BCUT2D eigenvalue weighted by Gasteiger charge is -2.09. The van der Waals surface area contributed by atoms with Crippen molar-refractivity contribution in [3.05, 3.63) is 117 Å². The zero-order valence-electron chi connectivity index (χ0n) is 19.2. The summed E-state index contributed by atoms with van der Waals surface area (Å²) in [5, 5.41) is 17.4. The number of nitrogens with zero attached hydrogens (tertiary/aromatic N) is 3. The molecule has 190 valence electrons. The highest BCUT2D eigenvalue weighted by atomic mass is 19.2. The Bertz CT molecular complexity index is 1510. The van der Waals surface area contributed by atoms with E-state index in [-0.39, 0.29) is 29.6 Å². The molecule has 0 bridgehead atoms. The van der Waals surface area contributed by atoms with Gasteiger partial charge in [0.2, 0.25) is 0 Å². The Morgan fingerprint density at radius 1 is 1.08 bits per heavy atom. The van der Waals surface area contributed by atoms with Gasteiger partial charge in [0.15, 0.2) is 17.5 Å². The summed E-state index contributed by atoms with van der Waals surface area (Å²) in [6, 6.07) is 11.2. The number of carbonyl (C=O) groups excluding carboxylic acids is 1. The van der Waals surface area contributed by atoms with Crippen LogP contribution < -0.4 is 10.1 Å². The monoisotopic (exact) mass is 514 g/mol. The Balaban J connectivity index is 1.40. The highest BCUT2D eigenvalue weighted by Gasteiger charge is 2.20. The number of nitro benzene ring substituents is 1.